The Bertz CT molecular complexity index is 660. The zero-order valence-electron chi connectivity index (χ0n) is 12.3. The first-order chi connectivity index (χ1) is 10.2. The number of anilines is 1. The fourth-order valence-electron chi connectivity index (χ4n) is 3.13. The molecule has 1 aliphatic heterocycles. The number of hydrogen-bond acceptors (Lipinski definition) is 3. The number of nitrogen functional groups attached to an aromatic ring is 1. The van der Waals surface area contributed by atoms with Crippen molar-refractivity contribution in [3.8, 4) is 0 Å². The molecular formula is C17H21N3O. The largest absolute Gasteiger partial charge is 0.384 e. The number of nitrogens with one attached hydrogen (secondary N) is 1. The zero-order chi connectivity index (χ0) is 14.8. The molecule has 1 fully saturated rings. The Balaban J connectivity index is 2.00. The summed E-state index contributed by atoms with van der Waals surface area (Å²) >= 11 is 0. The smallest absolute Gasteiger partial charge is 0.123 e. The zero-order valence-corrected chi connectivity index (χ0v) is 12.3. The van der Waals surface area contributed by atoms with Crippen molar-refractivity contribution < 1.29 is 4.74 Å². The summed E-state index contributed by atoms with van der Waals surface area (Å²) < 4.78 is 5.44. The number of amidine groups is 1. The van der Waals surface area contributed by atoms with Crippen molar-refractivity contribution in [2.24, 2.45) is 5.73 Å². The van der Waals surface area contributed by atoms with Gasteiger partial charge in [0.25, 0.3) is 0 Å². The standard InChI is InChI=1S/C17H21N3O/c1-21-12-8-10-20(11-9-12)16-7-6-15(17(18)19)13-4-2-3-5-14(13)16/h2-7,12H,8-11H2,1H3,(H3,18,19). The second-order valence-corrected chi connectivity index (χ2v) is 5.51. The molecule has 3 N–H and O–H groups in total. The molecule has 1 saturated heterocycles. The molecule has 0 radical (unpaired) electrons. The van der Waals surface area contributed by atoms with Crippen LogP contribution in [0.2, 0.25) is 0 Å². The van der Waals surface area contributed by atoms with Crippen molar-refractivity contribution in [2.45, 2.75) is 18.9 Å². The Labute approximate surface area is 125 Å². The van der Waals surface area contributed by atoms with E-state index in [4.69, 9.17) is 15.9 Å². The molecule has 4 heteroatoms. The average molecular weight is 283 g/mol. The van der Waals surface area contributed by atoms with Crippen molar-refractivity contribution in [1.29, 1.82) is 5.41 Å². The number of fused-ring (bicyclic) bond motifs is 1. The Kier molecular flexibility index (Phi) is 3.80. The van der Waals surface area contributed by atoms with E-state index in [1.165, 1.54) is 11.1 Å². The third-order valence-electron chi connectivity index (χ3n) is 4.31. The number of nitrogens with two attached hydrogens (primary N) is 1. The van der Waals surface area contributed by atoms with Gasteiger partial charge in [0.2, 0.25) is 0 Å². The molecule has 2 aromatic carbocycles. The highest BCUT2D eigenvalue weighted by atomic mass is 16.5. The van der Waals surface area contributed by atoms with Crippen LogP contribution in [0.15, 0.2) is 36.4 Å². The Morgan fingerprint density at radius 1 is 1.14 bits per heavy atom. The van der Waals surface area contributed by atoms with Crippen LogP contribution in [-0.2, 0) is 4.74 Å². The molecule has 0 bridgehead atoms. The highest BCUT2D eigenvalue weighted by Crippen LogP contribution is 2.31. The van der Waals surface area contributed by atoms with E-state index in [1.54, 1.807) is 7.11 Å². The second kappa shape index (κ2) is 5.74. The van der Waals surface area contributed by atoms with E-state index in [-0.39, 0.29) is 5.84 Å². The van der Waals surface area contributed by atoms with Gasteiger partial charge in [-0.25, -0.2) is 0 Å². The molecule has 0 spiro atoms. The summed E-state index contributed by atoms with van der Waals surface area (Å²) in [5.74, 6) is 0.121. The van der Waals surface area contributed by atoms with Gasteiger partial charge in [0.1, 0.15) is 5.84 Å². The summed E-state index contributed by atoms with van der Waals surface area (Å²) in [6, 6.07) is 12.2. The van der Waals surface area contributed by atoms with Crippen LogP contribution in [0.5, 0.6) is 0 Å². The number of piperidine rings is 1. The summed E-state index contributed by atoms with van der Waals surface area (Å²) in [6.07, 6.45) is 2.49. The first-order valence-corrected chi connectivity index (χ1v) is 7.34. The third kappa shape index (κ3) is 2.59. The van der Waals surface area contributed by atoms with Crippen molar-refractivity contribution in [2.75, 3.05) is 25.1 Å². The predicted molar refractivity (Wildman–Crippen MR) is 87.2 cm³/mol. The van der Waals surface area contributed by atoms with Gasteiger partial charge in [-0.3, -0.25) is 5.41 Å². The predicted octanol–water partition coefficient (Wildman–Crippen LogP) is 2.74. The van der Waals surface area contributed by atoms with Gasteiger partial charge in [-0.2, -0.15) is 0 Å². The summed E-state index contributed by atoms with van der Waals surface area (Å²) in [6.45, 7) is 2.00. The molecule has 4 nitrogen and oxygen atoms in total. The van der Waals surface area contributed by atoms with Crippen LogP contribution in [0.3, 0.4) is 0 Å². The average Bonchev–Trinajstić information content (AvgIpc) is 2.54. The topological polar surface area (TPSA) is 62.3 Å². The monoisotopic (exact) mass is 283 g/mol. The van der Waals surface area contributed by atoms with Gasteiger partial charge < -0.3 is 15.4 Å². The molecule has 21 heavy (non-hydrogen) atoms. The number of benzene rings is 2. The Morgan fingerprint density at radius 2 is 1.81 bits per heavy atom. The van der Waals surface area contributed by atoms with E-state index in [9.17, 15) is 0 Å². The van der Waals surface area contributed by atoms with Crippen LogP contribution in [0.25, 0.3) is 10.8 Å². The van der Waals surface area contributed by atoms with Crippen LogP contribution in [-0.4, -0.2) is 32.1 Å². The molecule has 0 atom stereocenters. The lowest BCUT2D eigenvalue weighted by Crippen LogP contribution is -2.36. The van der Waals surface area contributed by atoms with Gasteiger partial charge in [0.05, 0.1) is 6.10 Å². The minimum absolute atomic E-state index is 0.121. The molecule has 3 rings (SSSR count). The SMILES string of the molecule is COC1CCN(c2ccc(C(=N)N)c3ccccc23)CC1. The molecular weight excluding hydrogens is 262 g/mol. The van der Waals surface area contributed by atoms with Crippen LogP contribution in [0, 0.1) is 5.41 Å². The van der Waals surface area contributed by atoms with Gasteiger partial charge in [0, 0.05) is 36.8 Å². The molecule has 0 amide bonds. The number of nitrogens with zero attached hydrogens (tertiary/aromatic N) is 1. The fourth-order valence-corrected chi connectivity index (χ4v) is 3.13. The summed E-state index contributed by atoms with van der Waals surface area (Å²) in [5.41, 5.74) is 7.73. The Morgan fingerprint density at radius 3 is 2.43 bits per heavy atom. The van der Waals surface area contributed by atoms with E-state index >= 15 is 0 Å². The van der Waals surface area contributed by atoms with Gasteiger partial charge >= 0.3 is 0 Å². The quantitative estimate of drug-likeness (QED) is 0.672. The van der Waals surface area contributed by atoms with Gasteiger partial charge in [-0.05, 0) is 30.4 Å². The number of rotatable bonds is 3. The van der Waals surface area contributed by atoms with Gasteiger partial charge in [0.15, 0.2) is 0 Å². The molecule has 2 aromatic rings. The maximum atomic E-state index is 7.73. The van der Waals surface area contributed by atoms with Gasteiger partial charge in [-0.1, -0.05) is 24.3 Å². The lowest BCUT2D eigenvalue weighted by molar-refractivity contribution is 0.0819. The molecule has 0 saturated carbocycles. The van der Waals surface area contributed by atoms with E-state index < -0.39 is 0 Å². The minimum atomic E-state index is 0.121. The lowest BCUT2D eigenvalue weighted by atomic mass is 9.99. The minimum Gasteiger partial charge on any atom is -0.384 e. The summed E-state index contributed by atoms with van der Waals surface area (Å²) in [4.78, 5) is 2.40. The first kappa shape index (κ1) is 13.9. The summed E-state index contributed by atoms with van der Waals surface area (Å²) in [5, 5.41) is 9.95. The molecule has 0 unspecified atom stereocenters. The fraction of sp³-hybridized carbons (Fsp3) is 0.353. The summed E-state index contributed by atoms with van der Waals surface area (Å²) in [7, 11) is 1.79. The molecule has 110 valence electrons. The van der Waals surface area contributed by atoms with Crippen LogP contribution >= 0.6 is 0 Å². The van der Waals surface area contributed by atoms with E-state index in [0.29, 0.717) is 6.10 Å². The van der Waals surface area contributed by atoms with E-state index in [1.807, 2.05) is 24.3 Å². The maximum absolute atomic E-state index is 7.73. The third-order valence-corrected chi connectivity index (χ3v) is 4.31. The van der Waals surface area contributed by atoms with Crippen molar-refractivity contribution in [3.63, 3.8) is 0 Å². The van der Waals surface area contributed by atoms with E-state index in [0.717, 1.165) is 36.9 Å². The number of ether oxygens (including phenoxy) is 1. The van der Waals surface area contributed by atoms with Gasteiger partial charge in [-0.15, -0.1) is 0 Å². The van der Waals surface area contributed by atoms with Crippen LogP contribution < -0.4 is 10.6 Å². The lowest BCUT2D eigenvalue weighted by Gasteiger charge is -2.33. The van der Waals surface area contributed by atoms with Crippen molar-refractivity contribution >= 4 is 22.3 Å². The maximum Gasteiger partial charge on any atom is 0.123 e. The van der Waals surface area contributed by atoms with Crippen LogP contribution in [0.4, 0.5) is 5.69 Å². The van der Waals surface area contributed by atoms with Crippen LogP contribution in [0.1, 0.15) is 18.4 Å². The highest BCUT2D eigenvalue weighted by molar-refractivity contribution is 6.10. The number of hydrogen-bond donors (Lipinski definition) is 2. The van der Waals surface area contributed by atoms with Crippen molar-refractivity contribution in [3.05, 3.63) is 42.0 Å². The number of methoxy groups -OCH3 is 1. The molecule has 1 heterocycles. The Hall–Kier alpha value is -2.07. The first-order valence-electron chi connectivity index (χ1n) is 7.34. The highest BCUT2D eigenvalue weighted by Gasteiger charge is 2.20. The normalized spacial score (nSPS) is 16.3. The second-order valence-electron chi connectivity index (χ2n) is 5.51. The molecule has 1 aliphatic rings. The molecule has 0 aromatic heterocycles. The van der Waals surface area contributed by atoms with E-state index in [2.05, 4.69) is 17.0 Å². The molecule has 0 aliphatic carbocycles. The van der Waals surface area contributed by atoms with Crippen molar-refractivity contribution in [1.82, 2.24) is 0 Å².